The molecule has 0 radical (unpaired) electrons. The number of morpholine rings is 1. The molecule has 19 heavy (non-hydrogen) atoms. The summed E-state index contributed by atoms with van der Waals surface area (Å²) in [6, 6.07) is 8.35. The van der Waals surface area contributed by atoms with E-state index in [1.165, 1.54) is 5.56 Å². The molecule has 0 saturated carbocycles. The van der Waals surface area contributed by atoms with Crippen LogP contribution in [-0.4, -0.2) is 62.6 Å². The number of β-amino-alcohol motifs (C(OH)–C–C–N with tert-alkyl or cyclic N) is 1. The maximum absolute atomic E-state index is 10.2. The molecule has 1 atom stereocenters. The molecule has 1 heterocycles. The molecule has 1 aromatic rings. The summed E-state index contributed by atoms with van der Waals surface area (Å²) >= 11 is 0. The monoisotopic (exact) mass is 264 g/mol. The Labute approximate surface area is 115 Å². The van der Waals surface area contributed by atoms with Crippen LogP contribution in [0.15, 0.2) is 24.3 Å². The van der Waals surface area contributed by atoms with Crippen molar-refractivity contribution in [1.82, 2.24) is 4.90 Å². The highest BCUT2D eigenvalue weighted by atomic mass is 16.5. The van der Waals surface area contributed by atoms with Gasteiger partial charge in [-0.05, 0) is 24.6 Å². The van der Waals surface area contributed by atoms with Crippen molar-refractivity contribution in [3.05, 3.63) is 29.8 Å². The standard InChI is InChI=1S/C15H24N2O2/c1-13-4-3-5-14(10-13)16(2)11-15(18)12-17-6-8-19-9-7-17/h3-5,10,15,18H,6-9,11-12H2,1-2H3. The number of hydrogen-bond acceptors (Lipinski definition) is 4. The fraction of sp³-hybridized carbons (Fsp3) is 0.600. The second-order valence-corrected chi connectivity index (χ2v) is 5.29. The van der Waals surface area contributed by atoms with Gasteiger partial charge < -0.3 is 14.7 Å². The molecule has 1 aromatic carbocycles. The third-order valence-electron chi connectivity index (χ3n) is 3.50. The second-order valence-electron chi connectivity index (χ2n) is 5.29. The normalized spacial score (nSPS) is 18.3. The molecule has 106 valence electrons. The predicted molar refractivity (Wildman–Crippen MR) is 77.7 cm³/mol. The van der Waals surface area contributed by atoms with Crippen molar-refractivity contribution in [2.45, 2.75) is 13.0 Å². The number of hydrogen-bond donors (Lipinski definition) is 1. The van der Waals surface area contributed by atoms with Gasteiger partial charge in [0.25, 0.3) is 0 Å². The average Bonchev–Trinajstić information content (AvgIpc) is 2.39. The van der Waals surface area contributed by atoms with Crippen LogP contribution in [0.5, 0.6) is 0 Å². The van der Waals surface area contributed by atoms with Crippen LogP contribution in [-0.2, 0) is 4.74 Å². The van der Waals surface area contributed by atoms with Crippen LogP contribution in [0.2, 0.25) is 0 Å². The van der Waals surface area contributed by atoms with Crippen molar-refractivity contribution in [3.63, 3.8) is 0 Å². The Morgan fingerprint density at radius 1 is 1.37 bits per heavy atom. The van der Waals surface area contributed by atoms with E-state index in [4.69, 9.17) is 4.74 Å². The number of aliphatic hydroxyl groups is 1. The fourth-order valence-electron chi connectivity index (χ4n) is 2.43. The van der Waals surface area contributed by atoms with Gasteiger partial charge in [-0.1, -0.05) is 12.1 Å². The molecule has 2 rings (SSSR count). The van der Waals surface area contributed by atoms with Gasteiger partial charge in [0.15, 0.2) is 0 Å². The minimum Gasteiger partial charge on any atom is -0.390 e. The van der Waals surface area contributed by atoms with Crippen LogP contribution in [0, 0.1) is 6.92 Å². The van der Waals surface area contributed by atoms with Gasteiger partial charge in [0, 0.05) is 38.9 Å². The van der Waals surface area contributed by atoms with Gasteiger partial charge in [0.2, 0.25) is 0 Å². The molecule has 4 heteroatoms. The van der Waals surface area contributed by atoms with E-state index in [0.29, 0.717) is 6.54 Å². The van der Waals surface area contributed by atoms with E-state index in [0.717, 1.165) is 38.5 Å². The molecule has 1 saturated heterocycles. The Bertz CT molecular complexity index is 391. The zero-order chi connectivity index (χ0) is 13.7. The molecule has 0 aliphatic carbocycles. The van der Waals surface area contributed by atoms with Gasteiger partial charge in [0.05, 0.1) is 19.3 Å². The van der Waals surface area contributed by atoms with Gasteiger partial charge in [-0.15, -0.1) is 0 Å². The summed E-state index contributed by atoms with van der Waals surface area (Å²) in [7, 11) is 2.03. The topological polar surface area (TPSA) is 35.9 Å². The fourth-order valence-corrected chi connectivity index (χ4v) is 2.43. The molecule has 0 spiro atoms. The van der Waals surface area contributed by atoms with E-state index < -0.39 is 0 Å². The van der Waals surface area contributed by atoms with Gasteiger partial charge in [0.1, 0.15) is 0 Å². The van der Waals surface area contributed by atoms with Crippen LogP contribution in [0.1, 0.15) is 5.56 Å². The summed E-state index contributed by atoms with van der Waals surface area (Å²) in [5.41, 5.74) is 2.40. The van der Waals surface area contributed by atoms with E-state index in [-0.39, 0.29) is 6.10 Å². The first-order valence-corrected chi connectivity index (χ1v) is 6.91. The van der Waals surface area contributed by atoms with Gasteiger partial charge in [-0.2, -0.15) is 0 Å². The number of benzene rings is 1. The molecule has 0 amide bonds. The summed E-state index contributed by atoms with van der Waals surface area (Å²) in [5, 5.41) is 10.2. The minimum absolute atomic E-state index is 0.330. The van der Waals surface area contributed by atoms with Crippen LogP contribution < -0.4 is 4.90 Å². The Kier molecular flexibility index (Phi) is 5.19. The molecule has 0 aromatic heterocycles. The van der Waals surface area contributed by atoms with Crippen LogP contribution >= 0.6 is 0 Å². The first kappa shape index (κ1) is 14.3. The number of anilines is 1. The Balaban J connectivity index is 1.82. The number of ether oxygens (including phenoxy) is 1. The zero-order valence-electron chi connectivity index (χ0n) is 11.9. The highest BCUT2D eigenvalue weighted by Gasteiger charge is 2.16. The lowest BCUT2D eigenvalue weighted by molar-refractivity contribution is 0.0162. The number of rotatable bonds is 5. The van der Waals surface area contributed by atoms with Crippen molar-refractivity contribution in [1.29, 1.82) is 0 Å². The number of nitrogens with zero attached hydrogens (tertiary/aromatic N) is 2. The van der Waals surface area contributed by atoms with Crippen LogP contribution in [0.4, 0.5) is 5.69 Å². The average molecular weight is 264 g/mol. The lowest BCUT2D eigenvalue weighted by atomic mass is 10.2. The lowest BCUT2D eigenvalue weighted by Crippen LogP contribution is -2.44. The van der Waals surface area contributed by atoms with Crippen molar-refractivity contribution >= 4 is 5.69 Å². The Morgan fingerprint density at radius 2 is 2.11 bits per heavy atom. The quantitative estimate of drug-likeness (QED) is 0.865. The lowest BCUT2D eigenvalue weighted by Gasteiger charge is -2.30. The van der Waals surface area contributed by atoms with E-state index in [1.807, 2.05) is 7.05 Å². The van der Waals surface area contributed by atoms with Crippen LogP contribution in [0.25, 0.3) is 0 Å². The number of aliphatic hydroxyl groups excluding tert-OH is 1. The summed E-state index contributed by atoms with van der Waals surface area (Å²) < 4.78 is 5.31. The van der Waals surface area contributed by atoms with Crippen molar-refractivity contribution < 1.29 is 9.84 Å². The molecule has 1 fully saturated rings. The molecule has 4 nitrogen and oxygen atoms in total. The smallest absolute Gasteiger partial charge is 0.0841 e. The molecule has 1 unspecified atom stereocenters. The van der Waals surface area contributed by atoms with E-state index in [2.05, 4.69) is 41.0 Å². The van der Waals surface area contributed by atoms with E-state index in [1.54, 1.807) is 0 Å². The third kappa shape index (κ3) is 4.49. The Hall–Kier alpha value is -1.10. The van der Waals surface area contributed by atoms with Crippen molar-refractivity contribution in [2.24, 2.45) is 0 Å². The van der Waals surface area contributed by atoms with Crippen molar-refractivity contribution in [3.8, 4) is 0 Å². The first-order chi connectivity index (χ1) is 9.15. The molecule has 1 aliphatic rings. The number of aryl methyl sites for hydroxylation is 1. The maximum Gasteiger partial charge on any atom is 0.0841 e. The summed E-state index contributed by atoms with van der Waals surface area (Å²) in [4.78, 5) is 4.37. The third-order valence-corrected chi connectivity index (χ3v) is 3.50. The minimum atomic E-state index is -0.330. The van der Waals surface area contributed by atoms with E-state index in [9.17, 15) is 5.11 Å². The van der Waals surface area contributed by atoms with Gasteiger partial charge in [-0.3, -0.25) is 4.90 Å². The Morgan fingerprint density at radius 3 is 2.79 bits per heavy atom. The maximum atomic E-state index is 10.2. The highest BCUT2D eigenvalue weighted by molar-refractivity contribution is 5.47. The second kappa shape index (κ2) is 6.89. The molecule has 0 bridgehead atoms. The first-order valence-electron chi connectivity index (χ1n) is 6.91. The predicted octanol–water partition coefficient (Wildman–Crippen LogP) is 1.12. The molecular weight excluding hydrogens is 240 g/mol. The van der Waals surface area contributed by atoms with Crippen LogP contribution in [0.3, 0.4) is 0 Å². The molecular formula is C15H24N2O2. The molecule has 1 aliphatic heterocycles. The zero-order valence-corrected chi connectivity index (χ0v) is 11.9. The summed E-state index contributed by atoms with van der Waals surface area (Å²) in [5.74, 6) is 0. The summed E-state index contributed by atoms with van der Waals surface area (Å²) in [6.45, 7) is 6.86. The SMILES string of the molecule is Cc1cccc(N(C)CC(O)CN2CCOCC2)c1. The largest absolute Gasteiger partial charge is 0.390 e. The van der Waals surface area contributed by atoms with E-state index >= 15 is 0 Å². The van der Waals surface area contributed by atoms with Crippen molar-refractivity contribution in [2.75, 3.05) is 51.3 Å². The number of likely N-dealkylation sites (N-methyl/N-ethyl adjacent to an activating group) is 1. The highest BCUT2D eigenvalue weighted by Crippen LogP contribution is 2.14. The van der Waals surface area contributed by atoms with Gasteiger partial charge in [-0.25, -0.2) is 0 Å². The van der Waals surface area contributed by atoms with Gasteiger partial charge >= 0.3 is 0 Å². The molecule has 1 N–H and O–H groups in total. The summed E-state index contributed by atoms with van der Waals surface area (Å²) in [6.07, 6.45) is -0.330.